The molecule has 0 saturated carbocycles. The standard InChI is InChI=1S/C22H32O4.2C2H6.C2H2/c1-4-19(13-14-22(24)25-5-2)10-9-18(3)26-17-21-8-6-7-20(11-12-21)15-16-23;3*1-2/h4,7-12,18,23H,5-6,13-17H2,1-3H3;2*1-2H3;1-2H/b10-9-,19-4+;;;. The Kier molecular flexibility index (Phi) is 28.6. The van der Waals surface area contributed by atoms with Crippen molar-refractivity contribution in [3.8, 4) is 12.8 Å². The maximum absolute atomic E-state index is 11.4. The maximum atomic E-state index is 11.4. The van der Waals surface area contributed by atoms with Crippen LogP contribution >= 0.6 is 0 Å². The van der Waals surface area contributed by atoms with Crippen molar-refractivity contribution in [1.29, 1.82) is 0 Å². The monoisotopic (exact) mass is 446 g/mol. The minimum absolute atomic E-state index is 0.0185. The Morgan fingerprint density at radius 2 is 1.72 bits per heavy atom. The van der Waals surface area contributed by atoms with Crippen molar-refractivity contribution in [3.05, 3.63) is 59.3 Å². The lowest BCUT2D eigenvalue weighted by atomic mass is 10.1. The summed E-state index contributed by atoms with van der Waals surface area (Å²) in [6, 6.07) is 0. The van der Waals surface area contributed by atoms with Crippen LogP contribution in [0.4, 0.5) is 0 Å². The molecule has 0 saturated heterocycles. The molecule has 0 radical (unpaired) electrons. The number of ether oxygens (including phenoxy) is 2. The third-order valence-corrected chi connectivity index (χ3v) is 4.06. The molecule has 1 aliphatic carbocycles. The van der Waals surface area contributed by atoms with Crippen molar-refractivity contribution < 1.29 is 19.4 Å². The summed E-state index contributed by atoms with van der Waals surface area (Å²) in [6.07, 6.45) is 25.0. The van der Waals surface area contributed by atoms with Crippen LogP contribution in [-0.2, 0) is 14.3 Å². The molecule has 4 nitrogen and oxygen atoms in total. The lowest BCUT2D eigenvalue weighted by Gasteiger charge is -2.10. The molecule has 1 atom stereocenters. The van der Waals surface area contributed by atoms with Crippen LogP contribution in [0.15, 0.2) is 59.3 Å². The van der Waals surface area contributed by atoms with Gasteiger partial charge in [0.15, 0.2) is 0 Å². The van der Waals surface area contributed by atoms with E-state index in [0.29, 0.717) is 32.5 Å². The van der Waals surface area contributed by atoms with Gasteiger partial charge in [-0.1, -0.05) is 75.8 Å². The number of hydrogen-bond donors (Lipinski definition) is 1. The summed E-state index contributed by atoms with van der Waals surface area (Å²) in [4.78, 5) is 11.4. The molecular weight excluding hydrogens is 400 g/mol. The van der Waals surface area contributed by atoms with Gasteiger partial charge in [0.05, 0.1) is 19.3 Å². The molecule has 182 valence electrons. The predicted molar refractivity (Wildman–Crippen MR) is 138 cm³/mol. The van der Waals surface area contributed by atoms with Gasteiger partial charge in [0.2, 0.25) is 0 Å². The lowest BCUT2D eigenvalue weighted by molar-refractivity contribution is -0.143. The van der Waals surface area contributed by atoms with Crippen LogP contribution in [0.1, 0.15) is 74.1 Å². The summed E-state index contributed by atoms with van der Waals surface area (Å²) in [5, 5.41) is 9.02. The Labute approximate surface area is 197 Å². The highest BCUT2D eigenvalue weighted by Gasteiger charge is 2.04. The van der Waals surface area contributed by atoms with Crippen LogP contribution in [0.3, 0.4) is 0 Å². The molecule has 4 heteroatoms. The predicted octanol–water partition coefficient (Wildman–Crippen LogP) is 6.73. The van der Waals surface area contributed by atoms with E-state index in [1.54, 1.807) is 0 Å². The fraction of sp³-hybridized carbons (Fsp3) is 0.536. The van der Waals surface area contributed by atoms with Crippen molar-refractivity contribution in [2.75, 3.05) is 19.8 Å². The highest BCUT2D eigenvalue weighted by Crippen LogP contribution is 2.14. The van der Waals surface area contributed by atoms with E-state index < -0.39 is 0 Å². The molecule has 0 aliphatic heterocycles. The summed E-state index contributed by atoms with van der Waals surface area (Å²) in [5.74, 6) is -0.161. The van der Waals surface area contributed by atoms with Gasteiger partial charge in [-0.05, 0) is 51.2 Å². The highest BCUT2D eigenvalue weighted by molar-refractivity contribution is 5.69. The Hall–Kier alpha value is -2.35. The molecule has 0 aromatic heterocycles. The number of hydrogen-bond acceptors (Lipinski definition) is 4. The van der Waals surface area contributed by atoms with Crippen molar-refractivity contribution in [3.63, 3.8) is 0 Å². The first kappa shape index (κ1) is 34.3. The van der Waals surface area contributed by atoms with Crippen LogP contribution in [-0.4, -0.2) is 37.0 Å². The summed E-state index contributed by atoms with van der Waals surface area (Å²) < 4.78 is 10.8. The molecule has 0 fully saturated rings. The first-order chi connectivity index (χ1) is 15.6. The van der Waals surface area contributed by atoms with Gasteiger partial charge in [0.1, 0.15) is 0 Å². The zero-order chi connectivity index (χ0) is 25.2. The first-order valence-electron chi connectivity index (χ1n) is 11.7. The number of esters is 1. The Morgan fingerprint density at radius 3 is 2.28 bits per heavy atom. The van der Waals surface area contributed by atoms with E-state index in [9.17, 15) is 4.79 Å². The van der Waals surface area contributed by atoms with Gasteiger partial charge in [-0.2, -0.15) is 0 Å². The first-order valence-corrected chi connectivity index (χ1v) is 11.7. The number of rotatable bonds is 11. The van der Waals surface area contributed by atoms with Gasteiger partial charge >= 0.3 is 5.97 Å². The van der Waals surface area contributed by atoms with Crippen molar-refractivity contribution in [2.24, 2.45) is 0 Å². The van der Waals surface area contributed by atoms with E-state index in [4.69, 9.17) is 14.6 Å². The average Bonchev–Trinajstić information content (AvgIpc) is 3.07. The van der Waals surface area contributed by atoms with Crippen LogP contribution in [0.2, 0.25) is 0 Å². The third-order valence-electron chi connectivity index (χ3n) is 4.06. The quantitative estimate of drug-likeness (QED) is 0.217. The summed E-state index contributed by atoms with van der Waals surface area (Å²) in [7, 11) is 0. The van der Waals surface area contributed by atoms with E-state index in [1.807, 2.05) is 72.8 Å². The van der Waals surface area contributed by atoms with Gasteiger partial charge in [-0.25, -0.2) is 0 Å². The molecule has 1 N–H and O–H groups in total. The molecule has 0 bridgehead atoms. The molecule has 1 unspecified atom stereocenters. The van der Waals surface area contributed by atoms with E-state index in [1.165, 1.54) is 0 Å². The van der Waals surface area contributed by atoms with Crippen LogP contribution in [0, 0.1) is 12.8 Å². The molecule has 0 aromatic rings. The molecule has 1 aliphatic rings. The van der Waals surface area contributed by atoms with Crippen molar-refractivity contribution >= 4 is 5.97 Å². The van der Waals surface area contributed by atoms with Gasteiger partial charge in [0.25, 0.3) is 0 Å². The molecule has 0 aromatic carbocycles. The van der Waals surface area contributed by atoms with E-state index in [2.05, 4.69) is 31.1 Å². The second-order valence-corrected chi connectivity index (χ2v) is 6.14. The van der Waals surface area contributed by atoms with E-state index in [0.717, 1.165) is 23.1 Å². The van der Waals surface area contributed by atoms with Gasteiger partial charge in [-0.15, -0.1) is 12.8 Å². The molecule has 0 heterocycles. The van der Waals surface area contributed by atoms with Crippen LogP contribution < -0.4 is 0 Å². The largest absolute Gasteiger partial charge is 0.466 e. The number of aliphatic hydroxyl groups excluding tert-OH is 1. The maximum Gasteiger partial charge on any atom is 0.306 e. The third kappa shape index (κ3) is 19.6. The number of aliphatic hydroxyl groups is 1. The smallest absolute Gasteiger partial charge is 0.306 e. The SMILES string of the molecule is C#C.C/C=C(\C=C/C(C)OCC1=CCC=C(CCO)C=C1)CCC(=O)OCC.CC.CC. The number of allylic oxidation sites excluding steroid dienone is 6. The summed E-state index contributed by atoms with van der Waals surface area (Å²) >= 11 is 0. The van der Waals surface area contributed by atoms with Gasteiger partial charge in [-0.3, -0.25) is 4.79 Å². The molecule has 1 rings (SSSR count). The van der Waals surface area contributed by atoms with Gasteiger partial charge < -0.3 is 14.6 Å². The molecule has 32 heavy (non-hydrogen) atoms. The Balaban J connectivity index is -0.00000129. The highest BCUT2D eigenvalue weighted by atomic mass is 16.5. The topological polar surface area (TPSA) is 55.8 Å². The minimum atomic E-state index is -0.161. The fourth-order valence-corrected chi connectivity index (χ4v) is 2.48. The van der Waals surface area contributed by atoms with Crippen LogP contribution in [0.25, 0.3) is 0 Å². The normalized spacial score (nSPS) is 13.6. The summed E-state index contributed by atoms with van der Waals surface area (Å²) in [5.41, 5.74) is 3.40. The number of carbonyl (C=O) groups excluding carboxylic acids is 1. The minimum Gasteiger partial charge on any atom is -0.466 e. The second-order valence-electron chi connectivity index (χ2n) is 6.14. The second kappa shape index (κ2) is 26.7. The number of carbonyl (C=O) groups is 1. The van der Waals surface area contributed by atoms with E-state index in [-0.39, 0.29) is 18.7 Å². The fourth-order valence-electron chi connectivity index (χ4n) is 2.48. The average molecular weight is 447 g/mol. The number of terminal acetylenes is 1. The van der Waals surface area contributed by atoms with Crippen LogP contribution in [0.5, 0.6) is 0 Å². The molecular formula is C28H46O4. The summed E-state index contributed by atoms with van der Waals surface area (Å²) in [6.45, 7) is 14.9. The molecule has 0 spiro atoms. The van der Waals surface area contributed by atoms with Gasteiger partial charge in [0, 0.05) is 13.0 Å². The zero-order valence-electron chi connectivity index (χ0n) is 21.4. The van der Waals surface area contributed by atoms with Crippen molar-refractivity contribution in [1.82, 2.24) is 0 Å². The van der Waals surface area contributed by atoms with E-state index >= 15 is 0 Å². The Bertz CT molecular complexity index is 619. The lowest BCUT2D eigenvalue weighted by Crippen LogP contribution is -2.07. The molecule has 0 amide bonds. The van der Waals surface area contributed by atoms with Crippen molar-refractivity contribution in [2.45, 2.75) is 80.3 Å². The Morgan fingerprint density at radius 1 is 1.12 bits per heavy atom. The zero-order valence-corrected chi connectivity index (χ0v) is 21.4.